The third-order valence-electron chi connectivity index (χ3n) is 2.52. The Balaban J connectivity index is 3.82. The van der Waals surface area contributed by atoms with E-state index < -0.39 is 0 Å². The van der Waals surface area contributed by atoms with Crippen LogP contribution in [0.15, 0.2) is 12.2 Å². The second-order valence-corrected chi connectivity index (χ2v) is 4.92. The quantitative estimate of drug-likeness (QED) is 0.476. The summed E-state index contributed by atoms with van der Waals surface area (Å²) in [7, 11) is 0. The number of carbonyl (C=O) groups is 1. The molecule has 4 heteroatoms. The van der Waals surface area contributed by atoms with Crippen molar-refractivity contribution in [2.75, 3.05) is 26.3 Å². The maximum atomic E-state index is 11.3. The monoisotopic (exact) mass is 243 g/mol. The number of hydrogen-bond donors (Lipinski definition) is 2. The molecule has 0 unspecified atom stereocenters. The third kappa shape index (κ3) is 7.94. The van der Waals surface area contributed by atoms with E-state index in [4.69, 9.17) is 9.84 Å². The molecule has 17 heavy (non-hydrogen) atoms. The molecule has 4 nitrogen and oxygen atoms in total. The summed E-state index contributed by atoms with van der Waals surface area (Å²) in [5.74, 6) is -0.340. The highest BCUT2D eigenvalue weighted by Gasteiger charge is 2.17. The average molecular weight is 243 g/mol. The van der Waals surface area contributed by atoms with Gasteiger partial charge < -0.3 is 15.2 Å². The van der Waals surface area contributed by atoms with Crippen molar-refractivity contribution < 1.29 is 14.6 Å². The van der Waals surface area contributed by atoms with Crippen molar-refractivity contribution in [3.63, 3.8) is 0 Å². The van der Waals surface area contributed by atoms with Gasteiger partial charge in [-0.2, -0.15) is 0 Å². The lowest BCUT2D eigenvalue weighted by molar-refractivity contribution is -0.138. The van der Waals surface area contributed by atoms with E-state index >= 15 is 0 Å². The van der Waals surface area contributed by atoms with Crippen LogP contribution in [0.2, 0.25) is 0 Å². The molecular weight excluding hydrogens is 218 g/mol. The molecule has 0 heterocycles. The highest BCUT2D eigenvalue weighted by Crippen LogP contribution is 2.20. The number of aliphatic hydroxyl groups is 1. The van der Waals surface area contributed by atoms with E-state index in [0.29, 0.717) is 18.7 Å². The third-order valence-corrected chi connectivity index (χ3v) is 2.52. The van der Waals surface area contributed by atoms with Crippen LogP contribution in [0.5, 0.6) is 0 Å². The van der Waals surface area contributed by atoms with Crippen LogP contribution in [0.4, 0.5) is 0 Å². The van der Waals surface area contributed by atoms with Crippen LogP contribution in [-0.2, 0) is 9.53 Å². The normalized spacial score (nSPS) is 11.3. The van der Waals surface area contributed by atoms with E-state index in [0.717, 1.165) is 19.4 Å². The van der Waals surface area contributed by atoms with Gasteiger partial charge in [0.05, 0.1) is 6.61 Å². The van der Waals surface area contributed by atoms with E-state index in [1.165, 1.54) is 0 Å². The molecule has 0 saturated carbocycles. The Hall–Kier alpha value is -0.870. The van der Waals surface area contributed by atoms with Crippen molar-refractivity contribution in [1.29, 1.82) is 0 Å². The number of ether oxygens (including phenoxy) is 1. The van der Waals surface area contributed by atoms with Crippen molar-refractivity contribution in [3.8, 4) is 0 Å². The molecule has 100 valence electrons. The van der Waals surface area contributed by atoms with Gasteiger partial charge in [0.2, 0.25) is 0 Å². The molecule has 0 aromatic heterocycles. The molecule has 0 saturated heterocycles. The number of hydrogen-bond acceptors (Lipinski definition) is 4. The lowest BCUT2D eigenvalue weighted by Gasteiger charge is -2.24. The average Bonchev–Trinajstić information content (AvgIpc) is 2.26. The molecule has 0 bridgehead atoms. The summed E-state index contributed by atoms with van der Waals surface area (Å²) in [6.45, 7) is 11.5. The summed E-state index contributed by atoms with van der Waals surface area (Å²) in [4.78, 5) is 11.3. The molecule has 2 N–H and O–H groups in total. The van der Waals surface area contributed by atoms with Gasteiger partial charge in [-0.3, -0.25) is 0 Å². The Kier molecular flexibility index (Phi) is 7.83. The second kappa shape index (κ2) is 8.25. The zero-order valence-corrected chi connectivity index (χ0v) is 11.2. The highest BCUT2D eigenvalue weighted by atomic mass is 16.5. The van der Waals surface area contributed by atoms with Crippen LogP contribution < -0.4 is 5.32 Å². The lowest BCUT2D eigenvalue weighted by atomic mass is 9.88. The summed E-state index contributed by atoms with van der Waals surface area (Å²) >= 11 is 0. The first-order chi connectivity index (χ1) is 7.93. The van der Waals surface area contributed by atoms with Gasteiger partial charge in [0.25, 0.3) is 0 Å². The van der Waals surface area contributed by atoms with Gasteiger partial charge in [-0.15, -0.1) is 0 Å². The van der Waals surface area contributed by atoms with Gasteiger partial charge >= 0.3 is 5.97 Å². The molecule has 0 fully saturated rings. The predicted molar refractivity (Wildman–Crippen MR) is 68.7 cm³/mol. The standard InChI is InChI=1S/C13H25NO3/c1-5-17-12(16)11(2)9-14-10-13(3,4)7-6-8-15/h14-15H,2,5-10H2,1,3-4H3. The first-order valence-corrected chi connectivity index (χ1v) is 6.09. The number of nitrogens with one attached hydrogen (secondary N) is 1. The van der Waals surface area contributed by atoms with Crippen molar-refractivity contribution in [1.82, 2.24) is 5.32 Å². The largest absolute Gasteiger partial charge is 0.463 e. The van der Waals surface area contributed by atoms with Gasteiger partial charge in [-0.05, 0) is 25.2 Å². The Morgan fingerprint density at radius 1 is 1.47 bits per heavy atom. The fourth-order valence-corrected chi connectivity index (χ4v) is 1.50. The summed E-state index contributed by atoms with van der Waals surface area (Å²) in [5.41, 5.74) is 0.558. The van der Waals surface area contributed by atoms with Crippen LogP contribution in [0.25, 0.3) is 0 Å². The molecule has 0 spiro atoms. The van der Waals surface area contributed by atoms with E-state index in [2.05, 4.69) is 25.7 Å². The van der Waals surface area contributed by atoms with E-state index in [9.17, 15) is 4.79 Å². The van der Waals surface area contributed by atoms with E-state index in [1.54, 1.807) is 6.92 Å². The zero-order chi connectivity index (χ0) is 13.3. The van der Waals surface area contributed by atoms with Gasteiger partial charge in [0, 0.05) is 25.3 Å². The number of esters is 1. The van der Waals surface area contributed by atoms with Gasteiger partial charge in [-0.1, -0.05) is 20.4 Å². The Labute approximate surface area is 104 Å². The van der Waals surface area contributed by atoms with Crippen molar-refractivity contribution >= 4 is 5.97 Å². The second-order valence-electron chi connectivity index (χ2n) is 4.92. The first-order valence-electron chi connectivity index (χ1n) is 6.09. The van der Waals surface area contributed by atoms with Crippen LogP contribution in [0, 0.1) is 5.41 Å². The summed E-state index contributed by atoms with van der Waals surface area (Å²) < 4.78 is 4.84. The lowest BCUT2D eigenvalue weighted by Crippen LogP contribution is -2.32. The van der Waals surface area contributed by atoms with Crippen LogP contribution >= 0.6 is 0 Å². The maximum absolute atomic E-state index is 11.3. The minimum Gasteiger partial charge on any atom is -0.463 e. The van der Waals surface area contributed by atoms with E-state index in [-0.39, 0.29) is 18.0 Å². The molecule has 0 amide bonds. The molecule has 0 rings (SSSR count). The van der Waals surface area contributed by atoms with E-state index in [1.807, 2.05) is 0 Å². The van der Waals surface area contributed by atoms with Crippen molar-refractivity contribution in [2.24, 2.45) is 5.41 Å². The molecular formula is C13H25NO3. The van der Waals surface area contributed by atoms with Crippen molar-refractivity contribution in [3.05, 3.63) is 12.2 Å². The van der Waals surface area contributed by atoms with Crippen LogP contribution in [-0.4, -0.2) is 37.4 Å². The summed E-state index contributed by atoms with van der Waals surface area (Å²) in [5, 5.41) is 12.0. The zero-order valence-electron chi connectivity index (χ0n) is 11.2. The highest BCUT2D eigenvalue weighted by molar-refractivity contribution is 5.88. The van der Waals surface area contributed by atoms with Gasteiger partial charge in [0.15, 0.2) is 0 Å². The van der Waals surface area contributed by atoms with Gasteiger partial charge in [-0.25, -0.2) is 4.79 Å². The minimum atomic E-state index is -0.340. The number of carbonyl (C=O) groups excluding carboxylic acids is 1. The SMILES string of the molecule is C=C(CNCC(C)(C)CCCO)C(=O)OCC. The Morgan fingerprint density at radius 2 is 2.12 bits per heavy atom. The fraction of sp³-hybridized carbons (Fsp3) is 0.769. The summed E-state index contributed by atoms with van der Waals surface area (Å²) in [6.07, 6.45) is 1.75. The van der Waals surface area contributed by atoms with Gasteiger partial charge in [0.1, 0.15) is 0 Å². The topological polar surface area (TPSA) is 58.6 Å². The molecule has 0 radical (unpaired) electrons. The molecule has 0 aliphatic heterocycles. The molecule has 0 aromatic rings. The summed E-state index contributed by atoms with van der Waals surface area (Å²) in [6, 6.07) is 0. The maximum Gasteiger partial charge on any atom is 0.334 e. The van der Waals surface area contributed by atoms with Crippen molar-refractivity contribution in [2.45, 2.75) is 33.6 Å². The fourth-order valence-electron chi connectivity index (χ4n) is 1.50. The minimum absolute atomic E-state index is 0.109. The predicted octanol–water partition coefficient (Wildman–Crippen LogP) is 1.49. The van der Waals surface area contributed by atoms with Crippen LogP contribution in [0.1, 0.15) is 33.6 Å². The van der Waals surface area contributed by atoms with Crippen LogP contribution in [0.3, 0.4) is 0 Å². The molecule has 0 aliphatic rings. The Bertz CT molecular complexity index is 249. The Morgan fingerprint density at radius 3 is 2.65 bits per heavy atom. The smallest absolute Gasteiger partial charge is 0.334 e. The molecule has 0 aromatic carbocycles. The first kappa shape index (κ1) is 16.1. The molecule has 0 atom stereocenters. The number of aliphatic hydroxyl groups excluding tert-OH is 1. The number of rotatable bonds is 9. The molecule has 0 aliphatic carbocycles.